The number of rotatable bonds is 12. The van der Waals surface area contributed by atoms with E-state index in [9.17, 15) is 19.2 Å². The molecule has 0 bridgehead atoms. The number of carbonyl (C=O) groups is 4. The fraction of sp³-hybridized carbons (Fsp3) is 0.630. The number of nitrogens with zero attached hydrogens (tertiary/aromatic N) is 1. The van der Waals surface area contributed by atoms with Crippen LogP contribution in [0.2, 0.25) is 0 Å². The highest BCUT2D eigenvalue weighted by atomic mass is 16.8. The summed E-state index contributed by atoms with van der Waals surface area (Å²) in [6.07, 6.45) is 4.28. The highest BCUT2D eigenvalue weighted by Crippen LogP contribution is 2.27. The topological polar surface area (TPSA) is 126 Å². The van der Waals surface area contributed by atoms with Crippen LogP contribution in [-0.2, 0) is 30.4 Å². The molecule has 2 aliphatic heterocycles. The summed E-state index contributed by atoms with van der Waals surface area (Å²) in [4.78, 5) is 57.4. The van der Waals surface area contributed by atoms with Gasteiger partial charge in [0.05, 0.1) is 11.8 Å². The molecule has 204 valence electrons. The van der Waals surface area contributed by atoms with Gasteiger partial charge in [-0.3, -0.25) is 19.8 Å². The van der Waals surface area contributed by atoms with E-state index in [0.29, 0.717) is 37.3 Å². The summed E-state index contributed by atoms with van der Waals surface area (Å²) in [5, 5.41) is 3.26. The van der Waals surface area contributed by atoms with E-state index in [4.69, 9.17) is 9.57 Å². The third kappa shape index (κ3) is 8.00. The molecule has 0 spiro atoms. The molecule has 2 aliphatic rings. The van der Waals surface area contributed by atoms with Gasteiger partial charge in [-0.1, -0.05) is 44.2 Å². The molecule has 1 unspecified atom stereocenters. The van der Waals surface area contributed by atoms with Crippen LogP contribution in [0.3, 0.4) is 0 Å². The number of imide groups is 1. The average molecular weight is 517 g/mol. The number of urea groups is 1. The molecule has 1 aromatic rings. The summed E-state index contributed by atoms with van der Waals surface area (Å²) in [6, 6.07) is 9.23. The number of ether oxygens (including phenoxy) is 1. The molecule has 3 rings (SSSR count). The third-order valence-electron chi connectivity index (χ3n) is 6.72. The number of hydrogen-bond acceptors (Lipinski definition) is 6. The number of hydroxylamine groups is 1. The molecule has 2 saturated heterocycles. The Morgan fingerprint density at radius 1 is 1.14 bits per heavy atom. The molecule has 3 atom stereocenters. The maximum Gasteiger partial charge on any atom is 0.344 e. The molecule has 0 saturated carbocycles. The molecular formula is C27H40N4O6. The Morgan fingerprint density at radius 2 is 1.86 bits per heavy atom. The zero-order valence-corrected chi connectivity index (χ0v) is 22.2. The summed E-state index contributed by atoms with van der Waals surface area (Å²) in [7, 11) is 0. The third-order valence-corrected chi connectivity index (χ3v) is 6.72. The number of hydrazine groups is 1. The zero-order valence-electron chi connectivity index (χ0n) is 22.2. The van der Waals surface area contributed by atoms with Gasteiger partial charge in [0.15, 0.2) is 6.29 Å². The minimum absolute atomic E-state index is 0.0855. The Labute approximate surface area is 218 Å². The Bertz CT molecular complexity index is 945. The van der Waals surface area contributed by atoms with E-state index in [-0.39, 0.29) is 5.92 Å². The average Bonchev–Trinajstić information content (AvgIpc) is 3.06. The van der Waals surface area contributed by atoms with E-state index in [2.05, 4.69) is 16.2 Å². The van der Waals surface area contributed by atoms with E-state index < -0.39 is 47.4 Å². The largest absolute Gasteiger partial charge is 0.350 e. The van der Waals surface area contributed by atoms with Crippen LogP contribution >= 0.6 is 0 Å². The molecular weight excluding hydrogens is 476 g/mol. The van der Waals surface area contributed by atoms with Crippen molar-refractivity contribution in [1.82, 2.24) is 21.2 Å². The predicted molar refractivity (Wildman–Crippen MR) is 136 cm³/mol. The van der Waals surface area contributed by atoms with E-state index in [1.807, 2.05) is 44.2 Å². The van der Waals surface area contributed by atoms with Crippen molar-refractivity contribution in [1.29, 1.82) is 0 Å². The Hall–Kier alpha value is -2.98. The van der Waals surface area contributed by atoms with Crippen molar-refractivity contribution < 1.29 is 28.8 Å². The second-order valence-corrected chi connectivity index (χ2v) is 10.8. The van der Waals surface area contributed by atoms with Crippen molar-refractivity contribution in [2.45, 2.75) is 84.5 Å². The predicted octanol–water partition coefficient (Wildman–Crippen LogP) is 3.22. The highest BCUT2D eigenvalue weighted by Gasteiger charge is 2.46. The highest BCUT2D eigenvalue weighted by molar-refractivity contribution is 6.07. The van der Waals surface area contributed by atoms with Gasteiger partial charge in [0.1, 0.15) is 5.54 Å². The lowest BCUT2D eigenvalue weighted by Crippen LogP contribution is -2.52. The molecule has 0 radical (unpaired) electrons. The maximum atomic E-state index is 13.5. The van der Waals surface area contributed by atoms with E-state index in [1.54, 1.807) is 13.8 Å². The number of nitrogens with one attached hydrogen (secondary N) is 3. The Balaban J connectivity index is 1.75. The SMILES string of the molecule is CC(C)C[C@@H](C(=O)NN1C(=O)NC(C)(C)C1=O)[C@H](CCCc1ccccc1)C(=O)NOC1CCCCO1. The van der Waals surface area contributed by atoms with Gasteiger partial charge in [0.25, 0.3) is 5.91 Å². The van der Waals surface area contributed by atoms with Gasteiger partial charge in [-0.15, -0.1) is 0 Å². The van der Waals surface area contributed by atoms with Gasteiger partial charge >= 0.3 is 6.03 Å². The summed E-state index contributed by atoms with van der Waals surface area (Å²) in [5.41, 5.74) is 5.02. The molecule has 2 heterocycles. The van der Waals surface area contributed by atoms with E-state index in [1.165, 1.54) is 0 Å². The molecule has 2 fully saturated rings. The molecule has 1 aromatic carbocycles. The summed E-state index contributed by atoms with van der Waals surface area (Å²) >= 11 is 0. The molecule has 3 N–H and O–H groups in total. The van der Waals surface area contributed by atoms with Gasteiger partial charge < -0.3 is 10.1 Å². The first-order chi connectivity index (χ1) is 17.6. The van der Waals surface area contributed by atoms with Gasteiger partial charge in [-0.05, 0) is 63.9 Å². The number of amides is 5. The van der Waals surface area contributed by atoms with Crippen molar-refractivity contribution in [3.8, 4) is 0 Å². The lowest BCUT2D eigenvalue weighted by Gasteiger charge is -2.29. The van der Waals surface area contributed by atoms with Crippen LogP contribution in [0.25, 0.3) is 0 Å². The van der Waals surface area contributed by atoms with Crippen LogP contribution < -0.4 is 16.2 Å². The van der Waals surface area contributed by atoms with Crippen LogP contribution in [0.5, 0.6) is 0 Å². The lowest BCUT2D eigenvalue weighted by molar-refractivity contribution is -0.203. The van der Waals surface area contributed by atoms with Crippen LogP contribution in [0, 0.1) is 17.8 Å². The van der Waals surface area contributed by atoms with Gasteiger partial charge in [-0.2, -0.15) is 5.01 Å². The van der Waals surface area contributed by atoms with Gasteiger partial charge in [0, 0.05) is 13.0 Å². The lowest BCUT2D eigenvalue weighted by atomic mass is 9.81. The summed E-state index contributed by atoms with van der Waals surface area (Å²) in [6.45, 7) is 7.62. The minimum atomic E-state index is -1.13. The van der Waals surface area contributed by atoms with Crippen molar-refractivity contribution in [2.24, 2.45) is 17.8 Å². The first kappa shape index (κ1) is 28.6. The summed E-state index contributed by atoms with van der Waals surface area (Å²) < 4.78 is 5.55. The monoisotopic (exact) mass is 516 g/mol. The number of aryl methyl sites for hydroxylation is 1. The minimum Gasteiger partial charge on any atom is -0.350 e. The Morgan fingerprint density at radius 3 is 2.46 bits per heavy atom. The summed E-state index contributed by atoms with van der Waals surface area (Å²) in [5.74, 6) is -2.96. The number of carbonyl (C=O) groups excluding carboxylic acids is 4. The second kappa shape index (κ2) is 13.0. The van der Waals surface area contributed by atoms with Crippen molar-refractivity contribution in [3.05, 3.63) is 35.9 Å². The first-order valence-electron chi connectivity index (χ1n) is 13.2. The van der Waals surface area contributed by atoms with Crippen molar-refractivity contribution in [2.75, 3.05) is 6.61 Å². The van der Waals surface area contributed by atoms with E-state index >= 15 is 0 Å². The van der Waals surface area contributed by atoms with Gasteiger partial charge in [-0.25, -0.2) is 15.1 Å². The normalized spacial score (nSPS) is 20.9. The molecule has 0 aromatic heterocycles. The van der Waals surface area contributed by atoms with E-state index in [0.717, 1.165) is 24.8 Å². The smallest absolute Gasteiger partial charge is 0.344 e. The molecule has 5 amide bonds. The standard InChI is InChI=1S/C27H40N4O6/c1-18(2)17-21(23(32)29-31-25(34)27(3,4)28-26(31)35)20(14-10-13-19-11-6-5-7-12-19)24(33)30-37-22-15-8-9-16-36-22/h5-7,11-12,18,20-22H,8-10,13-17H2,1-4H3,(H,28,35)(H,29,32)(H,30,33)/t20-,21+,22?/m0/s1. The molecule has 37 heavy (non-hydrogen) atoms. The van der Waals surface area contributed by atoms with Gasteiger partial charge in [0.2, 0.25) is 11.8 Å². The fourth-order valence-electron chi connectivity index (χ4n) is 4.69. The number of hydrogen-bond donors (Lipinski definition) is 3. The second-order valence-electron chi connectivity index (χ2n) is 10.8. The quantitative estimate of drug-likeness (QED) is 0.289. The fourth-order valence-corrected chi connectivity index (χ4v) is 4.69. The van der Waals surface area contributed by atoms with Crippen molar-refractivity contribution >= 4 is 23.8 Å². The maximum absolute atomic E-state index is 13.5. The number of benzene rings is 1. The van der Waals surface area contributed by atoms with Crippen LogP contribution in [-0.4, -0.2) is 47.2 Å². The van der Waals surface area contributed by atoms with Crippen LogP contribution in [0.4, 0.5) is 4.79 Å². The zero-order chi connectivity index (χ0) is 27.0. The first-order valence-corrected chi connectivity index (χ1v) is 13.2. The van der Waals surface area contributed by atoms with Crippen molar-refractivity contribution in [3.63, 3.8) is 0 Å². The van der Waals surface area contributed by atoms with Crippen LogP contribution in [0.15, 0.2) is 30.3 Å². The molecule has 10 nitrogen and oxygen atoms in total. The Kier molecular flexibility index (Phi) is 10.0. The molecule has 10 heteroatoms. The molecule has 0 aliphatic carbocycles. The van der Waals surface area contributed by atoms with Crippen LogP contribution in [0.1, 0.15) is 71.8 Å².